The molecule has 1 N–H and O–H groups in total. The summed E-state index contributed by atoms with van der Waals surface area (Å²) < 4.78 is 5.26. The first-order valence-electron chi connectivity index (χ1n) is 8.27. The summed E-state index contributed by atoms with van der Waals surface area (Å²) in [6.07, 6.45) is 3.54. The highest BCUT2D eigenvalue weighted by Crippen LogP contribution is 2.37. The van der Waals surface area contributed by atoms with Gasteiger partial charge in [-0.05, 0) is 55.8 Å². The summed E-state index contributed by atoms with van der Waals surface area (Å²) in [4.78, 5) is 14.8. The maximum absolute atomic E-state index is 12.8. The second-order valence-electron chi connectivity index (χ2n) is 6.75. The number of ether oxygens (including phenoxy) is 1. The Hall–Kier alpha value is -1.26. The fourth-order valence-corrected chi connectivity index (χ4v) is 3.75. The number of hydrogen-bond donors (Lipinski definition) is 1. The van der Waals surface area contributed by atoms with Gasteiger partial charge in [0.1, 0.15) is 5.75 Å². The zero-order valence-corrected chi connectivity index (χ0v) is 14.8. The highest BCUT2D eigenvalue weighted by Gasteiger charge is 2.38. The molecule has 0 bridgehead atoms. The second kappa shape index (κ2) is 7.54. The molecule has 1 aromatic rings. The van der Waals surface area contributed by atoms with Crippen molar-refractivity contribution in [2.24, 2.45) is 5.41 Å². The third kappa shape index (κ3) is 3.81. The predicted octanol–water partition coefficient (Wildman–Crippen LogP) is 2.82. The standard InChI is InChI=1S/C18H26N2O2.ClH/c1-14(15-4-3-5-16(12-15)22-2)17(21)20-10-7-18(8-11-20)6-9-19-13-18;/h3-5,12,14,19H,6-11,13H2,1-2H3;1H. The molecule has 3 rings (SSSR count). The number of benzene rings is 1. The SMILES string of the molecule is COc1cccc(C(C)C(=O)N2CCC3(CCNC3)CC2)c1.Cl. The topological polar surface area (TPSA) is 41.6 Å². The van der Waals surface area contributed by atoms with E-state index < -0.39 is 0 Å². The smallest absolute Gasteiger partial charge is 0.229 e. The van der Waals surface area contributed by atoms with Gasteiger partial charge in [-0.15, -0.1) is 12.4 Å². The molecule has 1 atom stereocenters. The lowest BCUT2D eigenvalue weighted by Gasteiger charge is -2.39. The summed E-state index contributed by atoms with van der Waals surface area (Å²) in [7, 11) is 1.66. The van der Waals surface area contributed by atoms with E-state index in [1.54, 1.807) is 7.11 Å². The first-order chi connectivity index (χ1) is 10.6. The molecule has 1 amide bonds. The van der Waals surface area contributed by atoms with Gasteiger partial charge in [0.05, 0.1) is 13.0 Å². The van der Waals surface area contributed by atoms with E-state index in [1.807, 2.05) is 36.1 Å². The Morgan fingerprint density at radius 1 is 1.30 bits per heavy atom. The predicted molar refractivity (Wildman–Crippen MR) is 94.4 cm³/mol. The van der Waals surface area contributed by atoms with Gasteiger partial charge in [-0.1, -0.05) is 12.1 Å². The monoisotopic (exact) mass is 338 g/mol. The number of nitrogens with zero attached hydrogens (tertiary/aromatic N) is 1. The van der Waals surface area contributed by atoms with Gasteiger partial charge >= 0.3 is 0 Å². The van der Waals surface area contributed by atoms with E-state index >= 15 is 0 Å². The van der Waals surface area contributed by atoms with Gasteiger partial charge in [0, 0.05) is 19.6 Å². The van der Waals surface area contributed by atoms with E-state index in [2.05, 4.69) is 5.32 Å². The minimum Gasteiger partial charge on any atom is -0.497 e. The number of piperidine rings is 1. The normalized spacial score (nSPS) is 20.9. The van der Waals surface area contributed by atoms with Crippen LogP contribution in [0.25, 0.3) is 0 Å². The number of nitrogens with one attached hydrogen (secondary N) is 1. The van der Waals surface area contributed by atoms with Crippen molar-refractivity contribution in [1.82, 2.24) is 10.2 Å². The number of rotatable bonds is 3. The van der Waals surface area contributed by atoms with Crippen molar-refractivity contribution >= 4 is 18.3 Å². The van der Waals surface area contributed by atoms with E-state index in [0.29, 0.717) is 5.41 Å². The molecule has 1 spiro atoms. The van der Waals surface area contributed by atoms with E-state index in [9.17, 15) is 4.79 Å². The molecular formula is C18H27ClN2O2. The van der Waals surface area contributed by atoms with Crippen LogP contribution in [-0.2, 0) is 4.79 Å². The number of halogens is 1. The van der Waals surface area contributed by atoms with Crippen molar-refractivity contribution in [2.45, 2.75) is 32.1 Å². The molecule has 23 heavy (non-hydrogen) atoms. The molecule has 2 aliphatic rings. The lowest BCUT2D eigenvalue weighted by molar-refractivity contribution is -0.134. The Kier molecular flexibility index (Phi) is 5.93. The Labute approximate surface area is 145 Å². The Bertz CT molecular complexity index is 534. The second-order valence-corrected chi connectivity index (χ2v) is 6.75. The van der Waals surface area contributed by atoms with Crippen molar-refractivity contribution in [3.8, 4) is 5.75 Å². The number of amides is 1. The summed E-state index contributed by atoms with van der Waals surface area (Å²) >= 11 is 0. The maximum Gasteiger partial charge on any atom is 0.229 e. The van der Waals surface area contributed by atoms with E-state index in [-0.39, 0.29) is 24.2 Å². The fourth-order valence-electron chi connectivity index (χ4n) is 3.75. The van der Waals surface area contributed by atoms with Gasteiger partial charge in [-0.3, -0.25) is 4.79 Å². The molecule has 0 saturated carbocycles. The maximum atomic E-state index is 12.8. The summed E-state index contributed by atoms with van der Waals surface area (Å²) in [5.41, 5.74) is 1.49. The van der Waals surface area contributed by atoms with E-state index in [4.69, 9.17) is 4.74 Å². The Morgan fingerprint density at radius 2 is 2.04 bits per heavy atom. The zero-order valence-electron chi connectivity index (χ0n) is 14.0. The number of carbonyl (C=O) groups is 1. The van der Waals surface area contributed by atoms with E-state index in [1.165, 1.54) is 6.42 Å². The third-order valence-corrected chi connectivity index (χ3v) is 5.43. The van der Waals surface area contributed by atoms with Crippen LogP contribution in [0.4, 0.5) is 0 Å². The average molecular weight is 339 g/mol. The van der Waals surface area contributed by atoms with Gasteiger partial charge in [0.25, 0.3) is 0 Å². The number of carbonyl (C=O) groups excluding carboxylic acids is 1. The van der Waals surface area contributed by atoms with Crippen LogP contribution in [0.5, 0.6) is 5.75 Å². The molecule has 4 nitrogen and oxygen atoms in total. The van der Waals surface area contributed by atoms with Crippen LogP contribution >= 0.6 is 12.4 Å². The van der Waals surface area contributed by atoms with Gasteiger partial charge in [0.15, 0.2) is 0 Å². The minimum absolute atomic E-state index is 0. The third-order valence-electron chi connectivity index (χ3n) is 5.43. The number of hydrogen-bond acceptors (Lipinski definition) is 3. The molecular weight excluding hydrogens is 312 g/mol. The lowest BCUT2D eigenvalue weighted by atomic mass is 9.77. The van der Waals surface area contributed by atoms with Gasteiger partial charge in [-0.2, -0.15) is 0 Å². The quantitative estimate of drug-likeness (QED) is 0.921. The van der Waals surface area contributed by atoms with Crippen molar-refractivity contribution < 1.29 is 9.53 Å². The summed E-state index contributed by atoms with van der Waals surface area (Å²) in [6, 6.07) is 7.85. The summed E-state index contributed by atoms with van der Waals surface area (Å²) in [6.45, 7) is 6.05. The number of likely N-dealkylation sites (tertiary alicyclic amines) is 1. The molecule has 1 unspecified atom stereocenters. The summed E-state index contributed by atoms with van der Waals surface area (Å²) in [5.74, 6) is 0.951. The van der Waals surface area contributed by atoms with Crippen molar-refractivity contribution in [3.63, 3.8) is 0 Å². The molecule has 0 aromatic heterocycles. The molecule has 2 saturated heterocycles. The van der Waals surface area contributed by atoms with Crippen molar-refractivity contribution in [1.29, 1.82) is 0 Å². The molecule has 2 fully saturated rings. The molecule has 5 heteroatoms. The van der Waals surface area contributed by atoms with Gasteiger partial charge in [0.2, 0.25) is 5.91 Å². The average Bonchev–Trinajstić information content (AvgIpc) is 3.02. The Balaban J connectivity index is 0.00000192. The summed E-state index contributed by atoms with van der Waals surface area (Å²) in [5, 5.41) is 3.47. The molecule has 0 aliphatic carbocycles. The first kappa shape index (κ1) is 18.1. The molecule has 128 valence electrons. The minimum atomic E-state index is -0.106. The molecule has 2 aliphatic heterocycles. The highest BCUT2D eigenvalue weighted by molar-refractivity contribution is 5.85. The van der Waals surface area contributed by atoms with E-state index in [0.717, 1.165) is 50.3 Å². The zero-order chi connectivity index (χ0) is 15.6. The number of methoxy groups -OCH3 is 1. The fraction of sp³-hybridized carbons (Fsp3) is 0.611. The van der Waals surface area contributed by atoms with Gasteiger partial charge < -0.3 is 15.0 Å². The Morgan fingerprint density at radius 3 is 2.65 bits per heavy atom. The molecule has 0 radical (unpaired) electrons. The van der Waals surface area contributed by atoms with Gasteiger partial charge in [-0.25, -0.2) is 0 Å². The highest BCUT2D eigenvalue weighted by atomic mass is 35.5. The largest absolute Gasteiger partial charge is 0.497 e. The van der Waals surface area contributed by atoms with Crippen LogP contribution in [0.3, 0.4) is 0 Å². The van der Waals surface area contributed by atoms with Crippen LogP contribution in [0.15, 0.2) is 24.3 Å². The van der Waals surface area contributed by atoms with Crippen LogP contribution in [0, 0.1) is 5.41 Å². The van der Waals surface area contributed by atoms with Crippen LogP contribution < -0.4 is 10.1 Å². The van der Waals surface area contributed by atoms with Crippen LogP contribution in [0.1, 0.15) is 37.7 Å². The van der Waals surface area contributed by atoms with Crippen LogP contribution in [-0.4, -0.2) is 44.1 Å². The van der Waals surface area contributed by atoms with Crippen molar-refractivity contribution in [3.05, 3.63) is 29.8 Å². The lowest BCUT2D eigenvalue weighted by Crippen LogP contribution is -2.45. The van der Waals surface area contributed by atoms with Crippen LogP contribution in [0.2, 0.25) is 0 Å². The molecule has 2 heterocycles. The van der Waals surface area contributed by atoms with Crippen molar-refractivity contribution in [2.75, 3.05) is 33.3 Å². The molecule has 1 aromatic carbocycles. The first-order valence-corrected chi connectivity index (χ1v) is 8.27.